The van der Waals surface area contributed by atoms with Gasteiger partial charge in [-0.15, -0.1) is 0 Å². The first-order chi connectivity index (χ1) is 15.8. The van der Waals surface area contributed by atoms with Crippen LogP contribution in [-0.2, 0) is 19.6 Å². The first-order valence-electron chi connectivity index (χ1n) is 10.9. The summed E-state index contributed by atoms with van der Waals surface area (Å²) in [6.45, 7) is 1.19. The van der Waals surface area contributed by atoms with E-state index in [0.717, 1.165) is 25.7 Å². The molecule has 33 heavy (non-hydrogen) atoms. The Morgan fingerprint density at radius 1 is 1.03 bits per heavy atom. The first kappa shape index (κ1) is 23.7. The predicted octanol–water partition coefficient (Wildman–Crippen LogP) is 4.04. The van der Waals surface area contributed by atoms with Gasteiger partial charge in [0, 0.05) is 37.4 Å². The average molecular weight is 494 g/mol. The highest BCUT2D eigenvalue weighted by molar-refractivity contribution is 7.89. The number of hydrogen-bond donors (Lipinski definition) is 1. The van der Waals surface area contributed by atoms with Gasteiger partial charge in [0.1, 0.15) is 5.82 Å². The number of anilines is 2. The van der Waals surface area contributed by atoms with Gasteiger partial charge in [-0.05, 0) is 55.3 Å². The van der Waals surface area contributed by atoms with E-state index < -0.39 is 21.8 Å². The molecular formula is C23H25ClFN3O4S. The van der Waals surface area contributed by atoms with Crippen molar-refractivity contribution in [3.8, 4) is 0 Å². The Balaban J connectivity index is 1.40. The Hall–Kier alpha value is -2.49. The Morgan fingerprint density at radius 3 is 2.33 bits per heavy atom. The molecule has 2 aromatic rings. The molecule has 0 spiro atoms. The molecule has 2 aromatic carbocycles. The quantitative estimate of drug-likeness (QED) is 0.681. The van der Waals surface area contributed by atoms with Crippen LogP contribution in [0.2, 0.25) is 5.02 Å². The van der Waals surface area contributed by atoms with Crippen molar-refractivity contribution in [3.63, 3.8) is 0 Å². The molecular weight excluding hydrogens is 469 g/mol. The van der Waals surface area contributed by atoms with Crippen LogP contribution >= 0.6 is 11.6 Å². The zero-order valence-electron chi connectivity index (χ0n) is 18.0. The number of nitrogens with zero attached hydrogens (tertiary/aromatic N) is 2. The maximum absolute atomic E-state index is 13.4. The number of benzene rings is 2. The van der Waals surface area contributed by atoms with Gasteiger partial charge in [-0.25, -0.2) is 12.8 Å². The molecule has 2 saturated heterocycles. The summed E-state index contributed by atoms with van der Waals surface area (Å²) in [5.74, 6) is -1.77. The van der Waals surface area contributed by atoms with Crippen molar-refractivity contribution >= 4 is 44.8 Å². The molecule has 0 aromatic heterocycles. The summed E-state index contributed by atoms with van der Waals surface area (Å²) in [4.78, 5) is 26.7. The van der Waals surface area contributed by atoms with Crippen molar-refractivity contribution in [2.24, 2.45) is 5.92 Å². The van der Waals surface area contributed by atoms with Crippen LogP contribution in [0, 0.1) is 11.7 Å². The third-order valence-corrected chi connectivity index (χ3v) is 8.24. The number of carbonyl (C=O) groups is 2. The highest BCUT2D eigenvalue weighted by Gasteiger charge is 2.35. The van der Waals surface area contributed by atoms with E-state index in [0.29, 0.717) is 24.5 Å². The molecule has 0 bridgehead atoms. The number of carbonyl (C=O) groups excluding carboxylic acids is 2. The molecule has 1 unspecified atom stereocenters. The van der Waals surface area contributed by atoms with E-state index in [4.69, 9.17) is 11.6 Å². The topological polar surface area (TPSA) is 86.8 Å². The molecule has 1 atom stereocenters. The summed E-state index contributed by atoms with van der Waals surface area (Å²) in [6.07, 6.45) is 3.80. The normalized spacial score (nSPS) is 20.0. The Bertz CT molecular complexity index is 1150. The van der Waals surface area contributed by atoms with Crippen molar-refractivity contribution in [1.82, 2.24) is 4.31 Å². The lowest BCUT2D eigenvalue weighted by Gasteiger charge is -2.20. The summed E-state index contributed by atoms with van der Waals surface area (Å²) < 4.78 is 40.7. The minimum absolute atomic E-state index is 0.0161. The van der Waals surface area contributed by atoms with E-state index in [9.17, 15) is 22.4 Å². The van der Waals surface area contributed by atoms with Crippen molar-refractivity contribution < 1.29 is 22.4 Å². The number of rotatable bonds is 5. The Kier molecular flexibility index (Phi) is 7.02. The van der Waals surface area contributed by atoms with Crippen LogP contribution in [0.25, 0.3) is 0 Å². The molecule has 2 aliphatic heterocycles. The summed E-state index contributed by atoms with van der Waals surface area (Å²) >= 11 is 5.81. The molecule has 176 valence electrons. The van der Waals surface area contributed by atoms with Crippen LogP contribution in [0.4, 0.5) is 15.8 Å². The molecule has 4 rings (SSSR count). The number of sulfonamides is 1. The van der Waals surface area contributed by atoms with Gasteiger partial charge in [-0.2, -0.15) is 4.31 Å². The fourth-order valence-electron chi connectivity index (χ4n) is 4.17. The summed E-state index contributed by atoms with van der Waals surface area (Å²) in [7, 11) is -3.57. The van der Waals surface area contributed by atoms with Crippen LogP contribution in [0.15, 0.2) is 47.4 Å². The van der Waals surface area contributed by atoms with E-state index in [1.807, 2.05) is 0 Å². The first-order valence-corrected chi connectivity index (χ1v) is 12.7. The molecule has 0 aliphatic carbocycles. The van der Waals surface area contributed by atoms with Crippen molar-refractivity contribution in [2.45, 2.75) is 37.0 Å². The molecule has 0 saturated carbocycles. The maximum Gasteiger partial charge on any atom is 0.243 e. The van der Waals surface area contributed by atoms with Gasteiger partial charge in [0.15, 0.2) is 0 Å². The maximum atomic E-state index is 13.4. The van der Waals surface area contributed by atoms with Crippen LogP contribution in [0.5, 0.6) is 0 Å². The molecule has 1 N–H and O–H groups in total. The van der Waals surface area contributed by atoms with Crippen LogP contribution in [0.3, 0.4) is 0 Å². The summed E-state index contributed by atoms with van der Waals surface area (Å²) in [5, 5.41) is 2.66. The standard InChI is InChI=1S/C23H25ClFN3O4S/c24-20-14-18(7-10-21(20)25)28-15-16(13-22(28)29)23(30)26-17-5-8-19(9-6-17)33(31,32)27-11-3-1-2-4-12-27/h5-10,14,16H,1-4,11-13,15H2,(H,26,30). The van der Waals surface area contributed by atoms with Crippen molar-refractivity contribution in [1.29, 1.82) is 0 Å². The average Bonchev–Trinajstić information content (AvgIpc) is 2.99. The van der Waals surface area contributed by atoms with E-state index in [-0.39, 0.29) is 34.7 Å². The van der Waals surface area contributed by atoms with Gasteiger partial charge < -0.3 is 10.2 Å². The second-order valence-corrected chi connectivity index (χ2v) is 10.7. The molecule has 7 nitrogen and oxygen atoms in total. The van der Waals surface area contributed by atoms with E-state index in [2.05, 4.69) is 5.32 Å². The van der Waals surface area contributed by atoms with Gasteiger partial charge in [-0.3, -0.25) is 9.59 Å². The van der Waals surface area contributed by atoms with Crippen molar-refractivity contribution in [3.05, 3.63) is 53.3 Å². The smallest absolute Gasteiger partial charge is 0.243 e. The zero-order valence-corrected chi connectivity index (χ0v) is 19.5. The Labute approximate surface area is 197 Å². The lowest BCUT2D eigenvalue weighted by Crippen LogP contribution is -2.32. The number of nitrogens with one attached hydrogen (secondary N) is 1. The molecule has 2 amide bonds. The molecule has 2 heterocycles. The number of amides is 2. The van der Waals surface area contributed by atoms with Crippen LogP contribution < -0.4 is 10.2 Å². The number of halogens is 2. The molecule has 0 radical (unpaired) electrons. The number of hydrogen-bond acceptors (Lipinski definition) is 4. The summed E-state index contributed by atoms with van der Waals surface area (Å²) in [6, 6.07) is 10.1. The van der Waals surface area contributed by atoms with E-state index >= 15 is 0 Å². The second-order valence-electron chi connectivity index (χ2n) is 8.34. The SMILES string of the molecule is O=C(Nc1ccc(S(=O)(=O)N2CCCCCC2)cc1)C1CC(=O)N(c2ccc(F)c(Cl)c2)C1. The van der Waals surface area contributed by atoms with Crippen LogP contribution in [0.1, 0.15) is 32.1 Å². The minimum atomic E-state index is -3.57. The third kappa shape index (κ3) is 5.20. The van der Waals surface area contributed by atoms with Gasteiger partial charge >= 0.3 is 0 Å². The van der Waals surface area contributed by atoms with Gasteiger partial charge in [0.25, 0.3) is 0 Å². The molecule has 2 aliphatic rings. The fourth-order valence-corrected chi connectivity index (χ4v) is 5.86. The molecule has 2 fully saturated rings. The van der Waals surface area contributed by atoms with E-state index in [1.54, 1.807) is 12.1 Å². The Morgan fingerprint density at radius 2 is 1.70 bits per heavy atom. The second kappa shape index (κ2) is 9.79. The lowest BCUT2D eigenvalue weighted by atomic mass is 10.1. The molecule has 10 heteroatoms. The fraction of sp³-hybridized carbons (Fsp3) is 0.391. The monoisotopic (exact) mass is 493 g/mol. The van der Waals surface area contributed by atoms with Crippen LogP contribution in [-0.4, -0.2) is 44.2 Å². The van der Waals surface area contributed by atoms with Gasteiger partial charge in [0.05, 0.1) is 15.8 Å². The minimum Gasteiger partial charge on any atom is -0.326 e. The third-order valence-electron chi connectivity index (χ3n) is 6.04. The highest BCUT2D eigenvalue weighted by atomic mass is 35.5. The van der Waals surface area contributed by atoms with Crippen molar-refractivity contribution in [2.75, 3.05) is 29.9 Å². The summed E-state index contributed by atoms with van der Waals surface area (Å²) in [5.41, 5.74) is 0.885. The predicted molar refractivity (Wildman–Crippen MR) is 124 cm³/mol. The lowest BCUT2D eigenvalue weighted by molar-refractivity contribution is -0.122. The van der Waals surface area contributed by atoms with Gasteiger partial charge in [0.2, 0.25) is 21.8 Å². The largest absolute Gasteiger partial charge is 0.326 e. The zero-order chi connectivity index (χ0) is 23.6. The highest BCUT2D eigenvalue weighted by Crippen LogP contribution is 2.29. The van der Waals surface area contributed by atoms with Gasteiger partial charge in [-0.1, -0.05) is 24.4 Å². The van der Waals surface area contributed by atoms with E-state index in [1.165, 1.54) is 39.5 Å².